The number of rotatable bonds is 17. The number of amides is 2. The zero-order valence-corrected chi connectivity index (χ0v) is 25.0. The first-order chi connectivity index (χ1) is 19.7. The van der Waals surface area contributed by atoms with Crippen molar-refractivity contribution in [3.8, 4) is 0 Å². The fourth-order valence-electron chi connectivity index (χ4n) is 4.56. The molecule has 2 amide bonds. The van der Waals surface area contributed by atoms with Gasteiger partial charge in [-0.25, -0.2) is 22.5 Å². The van der Waals surface area contributed by atoms with Crippen LogP contribution in [0.2, 0.25) is 0 Å². The first-order valence-electron chi connectivity index (χ1n) is 14.3. The summed E-state index contributed by atoms with van der Waals surface area (Å²) >= 11 is 4.37. The number of carbonyl (C=O) groups excluding carboxylic acids is 2. The molecule has 41 heavy (non-hydrogen) atoms. The first-order valence-corrected chi connectivity index (χ1v) is 15.6. The van der Waals surface area contributed by atoms with Crippen LogP contribution in [0.3, 0.4) is 0 Å². The van der Waals surface area contributed by atoms with Gasteiger partial charge in [0.05, 0.1) is 15.1 Å². The first kappa shape index (κ1) is 32.8. The second-order valence-electron chi connectivity index (χ2n) is 10.2. The fraction of sp³-hybridized carbons (Fsp3) is 0.500. The molecule has 2 N–H and O–H groups in total. The summed E-state index contributed by atoms with van der Waals surface area (Å²) in [5.41, 5.74) is -0.397. The predicted octanol–water partition coefficient (Wildman–Crippen LogP) is 9.81. The highest BCUT2D eigenvalue weighted by Crippen LogP contribution is 2.31. The second kappa shape index (κ2) is 16.7. The Morgan fingerprint density at radius 1 is 0.780 bits per heavy atom. The maximum Gasteiger partial charge on any atom is 0.263 e. The molecule has 0 unspecified atom stereocenters. The van der Waals surface area contributed by atoms with Gasteiger partial charge in [-0.3, -0.25) is 14.9 Å². The number of fused-ring (bicyclic) bond motifs is 1. The van der Waals surface area contributed by atoms with Gasteiger partial charge in [0.2, 0.25) is 5.91 Å². The van der Waals surface area contributed by atoms with E-state index in [0.29, 0.717) is 22.3 Å². The molecule has 1 heterocycles. The van der Waals surface area contributed by atoms with Crippen LogP contribution in [0.15, 0.2) is 23.1 Å². The lowest BCUT2D eigenvalue weighted by atomic mass is 10.0. The van der Waals surface area contributed by atoms with Gasteiger partial charge < -0.3 is 5.32 Å². The molecule has 0 bridgehead atoms. The van der Waals surface area contributed by atoms with Crippen molar-refractivity contribution >= 4 is 56.8 Å². The van der Waals surface area contributed by atoms with Crippen LogP contribution in [0.25, 0.3) is 10.2 Å². The lowest BCUT2D eigenvalue weighted by Crippen LogP contribution is -2.18. The standard InChI is InChI=1S/C30H37F4N3O2S2/c1-2-3-4-5-6-7-8-9-10-11-12-13-14-15-22(38)35-19-16-17-20-21(18-19)41-30(36-20)37-29(39)23-24(31)26(33)28(40)27(34)25(23)32/h16-18,40H,2-15H2,1H3,(H,35,38)(H,36,37,39). The molecule has 0 spiro atoms. The maximum absolute atomic E-state index is 14.1. The van der Waals surface area contributed by atoms with Crippen molar-refractivity contribution < 1.29 is 27.2 Å². The normalized spacial score (nSPS) is 11.3. The molecular weight excluding hydrogens is 574 g/mol. The van der Waals surface area contributed by atoms with Gasteiger partial charge in [-0.05, 0) is 24.6 Å². The van der Waals surface area contributed by atoms with Gasteiger partial charge in [0.15, 0.2) is 28.4 Å². The van der Waals surface area contributed by atoms with E-state index in [9.17, 15) is 27.2 Å². The van der Waals surface area contributed by atoms with E-state index < -0.39 is 39.6 Å². The van der Waals surface area contributed by atoms with Crippen LogP contribution < -0.4 is 10.6 Å². The summed E-state index contributed by atoms with van der Waals surface area (Å²) in [6.45, 7) is 2.24. The Kier molecular flexibility index (Phi) is 13.4. The number of hydrogen-bond donors (Lipinski definition) is 3. The average molecular weight is 612 g/mol. The molecule has 0 aliphatic heterocycles. The van der Waals surface area contributed by atoms with E-state index >= 15 is 0 Å². The van der Waals surface area contributed by atoms with Crippen molar-refractivity contribution in [1.82, 2.24) is 4.98 Å². The number of thiazole rings is 1. The Labute approximate surface area is 247 Å². The number of anilines is 2. The molecular formula is C30H37F4N3O2S2. The van der Waals surface area contributed by atoms with Crippen LogP contribution in [-0.2, 0) is 4.79 Å². The third kappa shape index (κ3) is 9.70. The van der Waals surface area contributed by atoms with E-state index in [1.165, 1.54) is 64.2 Å². The molecule has 2 aromatic carbocycles. The van der Waals surface area contributed by atoms with Crippen molar-refractivity contribution in [2.75, 3.05) is 10.6 Å². The van der Waals surface area contributed by atoms with E-state index in [0.717, 1.165) is 30.6 Å². The molecule has 0 atom stereocenters. The molecule has 0 aliphatic rings. The number of benzene rings is 2. The number of nitrogens with zero attached hydrogens (tertiary/aromatic N) is 1. The number of hydrogen-bond acceptors (Lipinski definition) is 5. The summed E-state index contributed by atoms with van der Waals surface area (Å²) < 4.78 is 56.4. The number of halogens is 4. The predicted molar refractivity (Wildman–Crippen MR) is 160 cm³/mol. The Hall–Kier alpha value is -2.66. The maximum atomic E-state index is 14.1. The number of thiol groups is 1. The fourth-order valence-corrected chi connectivity index (χ4v) is 5.66. The highest BCUT2D eigenvalue weighted by Gasteiger charge is 2.28. The molecule has 224 valence electrons. The molecule has 0 saturated heterocycles. The smallest absolute Gasteiger partial charge is 0.263 e. The SMILES string of the molecule is CCCCCCCCCCCCCCCC(=O)Nc1ccc2nc(NC(=O)c3c(F)c(F)c(S)c(F)c3F)sc2c1. The largest absolute Gasteiger partial charge is 0.326 e. The average Bonchev–Trinajstić information content (AvgIpc) is 3.34. The van der Waals surface area contributed by atoms with Crippen molar-refractivity contribution in [2.45, 2.75) is 102 Å². The molecule has 0 fully saturated rings. The van der Waals surface area contributed by atoms with Crippen molar-refractivity contribution in [3.63, 3.8) is 0 Å². The molecule has 1 aromatic heterocycles. The Balaban J connectivity index is 1.40. The van der Waals surface area contributed by atoms with Crippen molar-refractivity contribution in [3.05, 3.63) is 47.0 Å². The van der Waals surface area contributed by atoms with Crippen LogP contribution in [-0.4, -0.2) is 16.8 Å². The zero-order chi connectivity index (χ0) is 29.8. The van der Waals surface area contributed by atoms with Gasteiger partial charge in [0.25, 0.3) is 5.91 Å². The highest BCUT2D eigenvalue weighted by atomic mass is 32.1. The van der Waals surface area contributed by atoms with Gasteiger partial charge in [0, 0.05) is 12.1 Å². The molecule has 3 rings (SSSR count). The van der Waals surface area contributed by atoms with Crippen LogP contribution in [0, 0.1) is 23.3 Å². The monoisotopic (exact) mass is 611 g/mol. The zero-order valence-electron chi connectivity index (χ0n) is 23.3. The highest BCUT2D eigenvalue weighted by molar-refractivity contribution is 7.80. The molecule has 0 aliphatic carbocycles. The third-order valence-electron chi connectivity index (χ3n) is 6.87. The van der Waals surface area contributed by atoms with Crippen LogP contribution >= 0.6 is 24.0 Å². The van der Waals surface area contributed by atoms with Crippen molar-refractivity contribution in [2.24, 2.45) is 0 Å². The quantitative estimate of drug-likeness (QED) is 0.0616. The van der Waals surface area contributed by atoms with E-state index in [1.54, 1.807) is 18.2 Å². The number of nitrogens with one attached hydrogen (secondary N) is 2. The lowest BCUT2D eigenvalue weighted by molar-refractivity contribution is -0.116. The Morgan fingerprint density at radius 2 is 1.32 bits per heavy atom. The Morgan fingerprint density at radius 3 is 1.88 bits per heavy atom. The summed E-state index contributed by atoms with van der Waals surface area (Å²) in [7, 11) is 0. The molecule has 0 saturated carbocycles. The van der Waals surface area contributed by atoms with Crippen LogP contribution in [0.4, 0.5) is 28.4 Å². The van der Waals surface area contributed by atoms with Crippen LogP contribution in [0.5, 0.6) is 0 Å². The van der Waals surface area contributed by atoms with Crippen LogP contribution in [0.1, 0.15) is 107 Å². The third-order valence-corrected chi connectivity index (χ3v) is 8.19. The molecule has 11 heteroatoms. The molecule has 0 radical (unpaired) electrons. The summed E-state index contributed by atoms with van der Waals surface area (Å²) in [5, 5.41) is 4.99. The van der Waals surface area contributed by atoms with Gasteiger partial charge >= 0.3 is 0 Å². The van der Waals surface area contributed by atoms with E-state index in [4.69, 9.17) is 0 Å². The van der Waals surface area contributed by atoms with Gasteiger partial charge in [-0.15, -0.1) is 12.6 Å². The lowest BCUT2D eigenvalue weighted by Gasteiger charge is -2.08. The summed E-state index contributed by atoms with van der Waals surface area (Å²) in [5.74, 6) is -8.71. The Bertz CT molecular complexity index is 1300. The minimum atomic E-state index is -1.85. The van der Waals surface area contributed by atoms with Crippen molar-refractivity contribution in [1.29, 1.82) is 0 Å². The summed E-state index contributed by atoms with van der Waals surface area (Å²) in [6, 6.07) is 4.95. The van der Waals surface area contributed by atoms with Gasteiger partial charge in [-0.2, -0.15) is 0 Å². The summed E-state index contributed by atoms with van der Waals surface area (Å²) in [6.07, 6.45) is 16.4. The van der Waals surface area contributed by atoms with Gasteiger partial charge in [0.1, 0.15) is 5.56 Å². The summed E-state index contributed by atoms with van der Waals surface area (Å²) in [4.78, 5) is 27.8. The molecule has 5 nitrogen and oxygen atoms in total. The number of unbranched alkanes of at least 4 members (excludes halogenated alkanes) is 12. The van der Waals surface area contributed by atoms with E-state index in [-0.39, 0.29) is 11.0 Å². The topological polar surface area (TPSA) is 71.1 Å². The van der Waals surface area contributed by atoms with E-state index in [2.05, 4.69) is 35.2 Å². The molecule has 3 aromatic rings. The van der Waals surface area contributed by atoms with Gasteiger partial charge in [-0.1, -0.05) is 95.3 Å². The number of carbonyl (C=O) groups is 2. The minimum absolute atomic E-state index is 0.0324. The van der Waals surface area contributed by atoms with E-state index in [1.807, 2.05) is 0 Å². The second-order valence-corrected chi connectivity index (χ2v) is 11.7. The minimum Gasteiger partial charge on any atom is -0.326 e. The number of aromatic nitrogens is 1.